The fourth-order valence-electron chi connectivity index (χ4n) is 0.507. The first kappa shape index (κ1) is 15.4. The van der Waals surface area contributed by atoms with Crippen LogP contribution in [0.15, 0.2) is 0 Å². The van der Waals surface area contributed by atoms with Gasteiger partial charge in [-0.25, -0.2) is 0 Å². The van der Waals surface area contributed by atoms with Crippen molar-refractivity contribution in [3.05, 3.63) is 0 Å². The van der Waals surface area contributed by atoms with Gasteiger partial charge < -0.3 is 4.74 Å². The van der Waals surface area contributed by atoms with Crippen molar-refractivity contribution in [2.24, 2.45) is 0 Å². The number of hydrogen-bond donors (Lipinski definition) is 0. The molecule has 1 atom stereocenters. The van der Waals surface area contributed by atoms with E-state index in [2.05, 4.69) is 16.3 Å². The Bertz CT molecular complexity index is 275. The van der Waals surface area contributed by atoms with Crippen molar-refractivity contribution >= 4 is 16.8 Å². The fourth-order valence-corrected chi connectivity index (χ4v) is 0.552. The van der Waals surface area contributed by atoms with E-state index >= 15 is 0 Å². The van der Waals surface area contributed by atoms with Crippen LogP contribution in [0.5, 0.6) is 0 Å². The summed E-state index contributed by atoms with van der Waals surface area (Å²) in [6, 6.07) is 0. The molecule has 0 aliphatic heterocycles. The standard InChI is InChI=1S/C6H4ClF7O2/c1-2(3(7)15)16-6(13,14)4(8,9)5(10,11)12/h2H,1H3. The van der Waals surface area contributed by atoms with E-state index < -0.39 is 29.6 Å². The zero-order chi connectivity index (χ0) is 13.4. The Morgan fingerprint density at radius 2 is 1.50 bits per heavy atom. The Hall–Kier alpha value is -0.570. The van der Waals surface area contributed by atoms with Gasteiger partial charge in [-0.05, 0) is 18.5 Å². The second-order valence-corrected chi connectivity index (χ2v) is 3.03. The molecule has 0 rings (SSSR count). The molecule has 0 aliphatic rings. The lowest BCUT2D eigenvalue weighted by molar-refractivity contribution is -0.427. The SMILES string of the molecule is CC(OC(F)(F)C(F)(F)C(F)(F)F)C(=O)Cl. The molecule has 0 aromatic carbocycles. The van der Waals surface area contributed by atoms with Crippen molar-refractivity contribution in [3.8, 4) is 0 Å². The van der Waals surface area contributed by atoms with Gasteiger partial charge in [-0.2, -0.15) is 30.7 Å². The summed E-state index contributed by atoms with van der Waals surface area (Å²) in [4.78, 5) is 10.2. The Kier molecular flexibility index (Phi) is 4.21. The van der Waals surface area contributed by atoms with Gasteiger partial charge in [-0.1, -0.05) is 0 Å². The van der Waals surface area contributed by atoms with Gasteiger partial charge in [-0.15, -0.1) is 0 Å². The van der Waals surface area contributed by atoms with Crippen molar-refractivity contribution in [1.82, 2.24) is 0 Å². The minimum Gasteiger partial charge on any atom is -0.303 e. The van der Waals surface area contributed by atoms with E-state index in [1.54, 1.807) is 0 Å². The van der Waals surface area contributed by atoms with Crippen LogP contribution >= 0.6 is 11.6 Å². The third-order valence-corrected chi connectivity index (χ3v) is 1.67. The van der Waals surface area contributed by atoms with Gasteiger partial charge in [0.25, 0.3) is 0 Å². The topological polar surface area (TPSA) is 26.3 Å². The summed E-state index contributed by atoms with van der Waals surface area (Å²) < 4.78 is 86.8. The lowest BCUT2D eigenvalue weighted by Gasteiger charge is -2.28. The third-order valence-electron chi connectivity index (χ3n) is 1.37. The average Bonchev–Trinajstić information content (AvgIpc) is 2.00. The molecule has 0 heterocycles. The summed E-state index contributed by atoms with van der Waals surface area (Å²) in [5.41, 5.74) is 0. The Labute approximate surface area is 89.3 Å². The molecular formula is C6H4ClF7O2. The van der Waals surface area contributed by atoms with E-state index in [4.69, 9.17) is 0 Å². The van der Waals surface area contributed by atoms with E-state index in [0.29, 0.717) is 6.92 Å². The van der Waals surface area contributed by atoms with Crippen LogP contribution < -0.4 is 0 Å². The van der Waals surface area contributed by atoms with Crippen LogP contribution in [0.1, 0.15) is 6.92 Å². The van der Waals surface area contributed by atoms with E-state index in [0.717, 1.165) is 0 Å². The number of rotatable bonds is 4. The molecule has 0 saturated carbocycles. The largest absolute Gasteiger partial charge is 0.462 e. The molecule has 0 radical (unpaired) electrons. The molecule has 0 aromatic rings. The molecule has 0 aromatic heterocycles. The fraction of sp³-hybridized carbons (Fsp3) is 0.833. The number of ether oxygens (including phenoxy) is 1. The highest BCUT2D eigenvalue weighted by Crippen LogP contribution is 2.47. The highest BCUT2D eigenvalue weighted by atomic mass is 35.5. The number of carbonyl (C=O) groups is 1. The number of alkyl halides is 7. The van der Waals surface area contributed by atoms with Gasteiger partial charge in [0, 0.05) is 0 Å². The quantitative estimate of drug-likeness (QED) is 0.583. The molecule has 0 bridgehead atoms. The molecule has 10 heteroatoms. The van der Waals surface area contributed by atoms with Crippen LogP contribution in [0.2, 0.25) is 0 Å². The first-order chi connectivity index (χ1) is 6.83. The highest BCUT2D eigenvalue weighted by Gasteiger charge is 2.75. The normalized spacial score (nSPS) is 16.1. The summed E-state index contributed by atoms with van der Waals surface area (Å²) in [5, 5.41) is -1.63. The number of halogens is 8. The second-order valence-electron chi connectivity index (χ2n) is 2.65. The lowest BCUT2D eigenvalue weighted by Crippen LogP contribution is -2.54. The van der Waals surface area contributed by atoms with Gasteiger partial charge in [0.05, 0.1) is 0 Å². The first-order valence-electron chi connectivity index (χ1n) is 3.52. The van der Waals surface area contributed by atoms with E-state index in [9.17, 15) is 35.5 Å². The van der Waals surface area contributed by atoms with Crippen LogP contribution in [0.25, 0.3) is 0 Å². The monoisotopic (exact) mass is 276 g/mol. The molecule has 0 aliphatic carbocycles. The summed E-state index contributed by atoms with van der Waals surface area (Å²) >= 11 is 4.58. The van der Waals surface area contributed by atoms with Crippen molar-refractivity contribution in [1.29, 1.82) is 0 Å². The molecule has 0 N–H and O–H groups in total. The van der Waals surface area contributed by atoms with Crippen LogP contribution in [-0.2, 0) is 9.53 Å². The van der Waals surface area contributed by atoms with E-state index in [1.165, 1.54) is 0 Å². The molecule has 0 spiro atoms. The van der Waals surface area contributed by atoms with Crippen LogP contribution in [0.3, 0.4) is 0 Å². The molecule has 0 amide bonds. The predicted octanol–water partition coefficient (Wildman–Crippen LogP) is 2.95. The highest BCUT2D eigenvalue weighted by molar-refractivity contribution is 6.64. The van der Waals surface area contributed by atoms with Crippen LogP contribution in [0.4, 0.5) is 30.7 Å². The predicted molar refractivity (Wildman–Crippen MR) is 37.4 cm³/mol. The summed E-state index contributed by atoms with van der Waals surface area (Å²) in [6.07, 6.45) is -14.7. The maximum Gasteiger partial charge on any atom is 0.462 e. The van der Waals surface area contributed by atoms with Crippen molar-refractivity contribution in [2.75, 3.05) is 0 Å². The van der Waals surface area contributed by atoms with E-state index in [1.807, 2.05) is 0 Å². The van der Waals surface area contributed by atoms with Gasteiger partial charge >= 0.3 is 18.2 Å². The smallest absolute Gasteiger partial charge is 0.303 e. The van der Waals surface area contributed by atoms with Gasteiger partial charge in [0.15, 0.2) is 0 Å². The maximum atomic E-state index is 12.4. The van der Waals surface area contributed by atoms with Crippen LogP contribution in [0, 0.1) is 0 Å². The minimum atomic E-state index is -6.51. The first-order valence-corrected chi connectivity index (χ1v) is 3.90. The van der Waals surface area contributed by atoms with Gasteiger partial charge in [0.1, 0.15) is 6.10 Å². The van der Waals surface area contributed by atoms with Gasteiger partial charge in [-0.3, -0.25) is 4.79 Å². The summed E-state index contributed by atoms with van der Waals surface area (Å²) in [7, 11) is 0. The molecule has 0 fully saturated rings. The summed E-state index contributed by atoms with van der Waals surface area (Å²) in [5.74, 6) is -6.42. The minimum absolute atomic E-state index is 0.510. The molecule has 1 unspecified atom stereocenters. The number of hydrogen-bond acceptors (Lipinski definition) is 2. The van der Waals surface area contributed by atoms with Crippen molar-refractivity contribution in [3.63, 3.8) is 0 Å². The lowest BCUT2D eigenvalue weighted by atomic mass is 10.3. The Morgan fingerprint density at radius 1 is 1.12 bits per heavy atom. The molecule has 96 valence electrons. The maximum absolute atomic E-state index is 12.4. The van der Waals surface area contributed by atoms with Crippen molar-refractivity contribution in [2.45, 2.75) is 31.2 Å². The molecular weight excluding hydrogens is 273 g/mol. The summed E-state index contributed by atoms with van der Waals surface area (Å²) in [6.45, 7) is 0.510. The van der Waals surface area contributed by atoms with Crippen molar-refractivity contribution < 1.29 is 40.3 Å². The zero-order valence-electron chi connectivity index (χ0n) is 7.42. The van der Waals surface area contributed by atoms with E-state index in [-0.39, 0.29) is 0 Å². The zero-order valence-corrected chi connectivity index (χ0v) is 8.17. The Morgan fingerprint density at radius 3 is 1.75 bits per heavy atom. The Balaban J connectivity index is 4.99. The van der Waals surface area contributed by atoms with Gasteiger partial charge in [0.2, 0.25) is 5.24 Å². The average molecular weight is 277 g/mol. The van der Waals surface area contributed by atoms with Crippen LogP contribution in [-0.4, -0.2) is 29.6 Å². The number of carbonyl (C=O) groups excluding carboxylic acids is 1. The third kappa shape index (κ3) is 2.97. The molecule has 0 saturated heterocycles. The molecule has 16 heavy (non-hydrogen) atoms. The molecule has 2 nitrogen and oxygen atoms in total. The second kappa shape index (κ2) is 4.36.